The van der Waals surface area contributed by atoms with Crippen LogP contribution in [0.15, 0.2) is 59.8 Å². The van der Waals surface area contributed by atoms with Crippen LogP contribution < -0.4 is 20.1 Å². The molecule has 0 atom stereocenters. The highest BCUT2D eigenvalue weighted by atomic mass is 32.2. The number of nitrogens with one attached hydrogen (secondary N) is 3. The molecule has 6 nitrogen and oxygen atoms in total. The van der Waals surface area contributed by atoms with E-state index in [0.29, 0.717) is 17.3 Å². The fraction of sp³-hybridized carbons (Fsp3) is 0.0667. The summed E-state index contributed by atoms with van der Waals surface area (Å²) in [6, 6.07) is 11.4. The molecule has 1 aliphatic rings. The first-order chi connectivity index (χ1) is 10.5. The normalized spacial score (nSPS) is 13.0. The molecular formula is C15H15N3O3S. The van der Waals surface area contributed by atoms with Crippen molar-refractivity contribution in [2.75, 3.05) is 22.5 Å². The standard InChI is InChI=1S/C15H15N3O3S/c1-10-16-14-8-3-11(9-15(14)17-10)18-22(19,20)13-6-4-12(21-2)5-7-13/h3-9,16-18H,1H2,2H3. The largest absolute Gasteiger partial charge is 0.497 e. The second-order valence-electron chi connectivity index (χ2n) is 4.77. The molecule has 3 rings (SSSR count). The number of sulfonamides is 1. The van der Waals surface area contributed by atoms with E-state index in [1.807, 2.05) is 0 Å². The summed E-state index contributed by atoms with van der Waals surface area (Å²) in [5, 5.41) is 6.06. The molecule has 7 heteroatoms. The molecule has 1 aliphatic heterocycles. The van der Waals surface area contributed by atoms with E-state index >= 15 is 0 Å². The van der Waals surface area contributed by atoms with Crippen LogP contribution >= 0.6 is 0 Å². The molecule has 0 saturated heterocycles. The summed E-state index contributed by atoms with van der Waals surface area (Å²) in [5.41, 5.74) is 2.11. The molecule has 0 amide bonds. The molecule has 2 aromatic carbocycles. The van der Waals surface area contributed by atoms with Crippen LogP contribution in [-0.4, -0.2) is 15.5 Å². The van der Waals surface area contributed by atoms with Crippen LogP contribution in [-0.2, 0) is 10.0 Å². The predicted octanol–water partition coefficient (Wildman–Crippen LogP) is 2.80. The van der Waals surface area contributed by atoms with Gasteiger partial charge in [0.25, 0.3) is 10.0 Å². The average Bonchev–Trinajstić information content (AvgIpc) is 2.86. The summed E-state index contributed by atoms with van der Waals surface area (Å²) in [6.45, 7) is 3.76. The number of methoxy groups -OCH3 is 1. The number of hydrogen-bond donors (Lipinski definition) is 3. The van der Waals surface area contributed by atoms with Gasteiger partial charge in [0, 0.05) is 0 Å². The molecule has 0 radical (unpaired) electrons. The van der Waals surface area contributed by atoms with Crippen LogP contribution in [0.1, 0.15) is 0 Å². The highest BCUT2D eigenvalue weighted by molar-refractivity contribution is 7.92. The van der Waals surface area contributed by atoms with Crippen LogP contribution in [0.2, 0.25) is 0 Å². The highest BCUT2D eigenvalue weighted by Gasteiger charge is 2.17. The molecule has 22 heavy (non-hydrogen) atoms. The molecule has 0 bridgehead atoms. The molecule has 0 aliphatic carbocycles. The van der Waals surface area contributed by atoms with Gasteiger partial charge in [0.15, 0.2) is 0 Å². The van der Waals surface area contributed by atoms with Crippen molar-refractivity contribution in [1.82, 2.24) is 0 Å². The van der Waals surface area contributed by atoms with Crippen molar-refractivity contribution < 1.29 is 13.2 Å². The van der Waals surface area contributed by atoms with Gasteiger partial charge in [-0.2, -0.15) is 0 Å². The van der Waals surface area contributed by atoms with Gasteiger partial charge in [-0.1, -0.05) is 6.58 Å². The van der Waals surface area contributed by atoms with Crippen LogP contribution in [0.5, 0.6) is 5.75 Å². The monoisotopic (exact) mass is 317 g/mol. The lowest BCUT2D eigenvalue weighted by Gasteiger charge is -2.09. The van der Waals surface area contributed by atoms with Crippen molar-refractivity contribution in [3.63, 3.8) is 0 Å². The molecule has 114 valence electrons. The summed E-state index contributed by atoms with van der Waals surface area (Å²) in [7, 11) is -2.12. The molecule has 0 spiro atoms. The fourth-order valence-corrected chi connectivity index (χ4v) is 3.19. The summed E-state index contributed by atoms with van der Waals surface area (Å²) in [5.74, 6) is 1.26. The van der Waals surface area contributed by atoms with Crippen molar-refractivity contribution in [3.05, 3.63) is 54.9 Å². The minimum Gasteiger partial charge on any atom is -0.497 e. The van der Waals surface area contributed by atoms with Crippen LogP contribution in [0.25, 0.3) is 0 Å². The molecule has 0 unspecified atom stereocenters. The average molecular weight is 317 g/mol. The van der Waals surface area contributed by atoms with E-state index in [9.17, 15) is 8.42 Å². The Morgan fingerprint density at radius 1 is 1.05 bits per heavy atom. The van der Waals surface area contributed by atoms with Gasteiger partial charge in [-0.3, -0.25) is 4.72 Å². The van der Waals surface area contributed by atoms with Gasteiger partial charge >= 0.3 is 0 Å². The molecule has 3 N–H and O–H groups in total. The zero-order chi connectivity index (χ0) is 15.7. The van der Waals surface area contributed by atoms with Crippen molar-refractivity contribution in [2.24, 2.45) is 0 Å². The Bertz CT molecular complexity index is 830. The Kier molecular flexibility index (Phi) is 3.42. The second kappa shape index (κ2) is 5.27. The van der Waals surface area contributed by atoms with Crippen molar-refractivity contribution in [2.45, 2.75) is 4.90 Å². The third kappa shape index (κ3) is 2.71. The summed E-state index contributed by atoms with van der Waals surface area (Å²) in [6.07, 6.45) is 0. The lowest BCUT2D eigenvalue weighted by Crippen LogP contribution is -2.12. The molecule has 0 aromatic heterocycles. The van der Waals surface area contributed by atoms with E-state index in [0.717, 1.165) is 11.4 Å². The van der Waals surface area contributed by atoms with Gasteiger partial charge < -0.3 is 15.4 Å². The van der Waals surface area contributed by atoms with E-state index in [1.54, 1.807) is 30.3 Å². The topological polar surface area (TPSA) is 79.5 Å². The Morgan fingerprint density at radius 2 is 1.73 bits per heavy atom. The molecule has 1 heterocycles. The molecule has 2 aromatic rings. The van der Waals surface area contributed by atoms with Gasteiger partial charge in [0.1, 0.15) is 11.6 Å². The first-order valence-electron chi connectivity index (χ1n) is 6.52. The maximum atomic E-state index is 12.4. The van der Waals surface area contributed by atoms with Crippen LogP contribution in [0.3, 0.4) is 0 Å². The van der Waals surface area contributed by atoms with Gasteiger partial charge in [0.2, 0.25) is 0 Å². The predicted molar refractivity (Wildman–Crippen MR) is 86.6 cm³/mol. The first-order valence-corrected chi connectivity index (χ1v) is 8.00. The Labute approximate surface area is 128 Å². The number of hydrogen-bond acceptors (Lipinski definition) is 5. The van der Waals surface area contributed by atoms with E-state index < -0.39 is 10.0 Å². The summed E-state index contributed by atoms with van der Waals surface area (Å²) in [4.78, 5) is 0.171. The SMILES string of the molecule is C=C1Nc2ccc(NS(=O)(=O)c3ccc(OC)cc3)cc2N1. The molecule has 0 saturated carbocycles. The van der Waals surface area contributed by atoms with E-state index in [1.165, 1.54) is 19.2 Å². The van der Waals surface area contributed by atoms with Crippen molar-refractivity contribution in [3.8, 4) is 5.75 Å². The fourth-order valence-electron chi connectivity index (χ4n) is 2.15. The number of rotatable bonds is 4. The summed E-state index contributed by atoms with van der Waals surface area (Å²) >= 11 is 0. The van der Waals surface area contributed by atoms with Gasteiger partial charge in [0.05, 0.1) is 29.1 Å². The number of benzene rings is 2. The third-order valence-electron chi connectivity index (χ3n) is 3.21. The minimum absolute atomic E-state index is 0.171. The highest BCUT2D eigenvalue weighted by Crippen LogP contribution is 2.33. The van der Waals surface area contributed by atoms with E-state index in [2.05, 4.69) is 21.9 Å². The smallest absolute Gasteiger partial charge is 0.261 e. The number of anilines is 3. The lowest BCUT2D eigenvalue weighted by molar-refractivity contribution is 0.414. The summed E-state index contributed by atoms with van der Waals surface area (Å²) < 4.78 is 32.3. The first kappa shape index (κ1) is 14.3. The van der Waals surface area contributed by atoms with Gasteiger partial charge in [-0.05, 0) is 42.5 Å². The van der Waals surface area contributed by atoms with E-state index in [-0.39, 0.29) is 4.90 Å². The van der Waals surface area contributed by atoms with Gasteiger partial charge in [-0.25, -0.2) is 8.42 Å². The third-order valence-corrected chi connectivity index (χ3v) is 4.61. The van der Waals surface area contributed by atoms with Crippen LogP contribution in [0, 0.1) is 0 Å². The van der Waals surface area contributed by atoms with Crippen molar-refractivity contribution in [1.29, 1.82) is 0 Å². The second-order valence-corrected chi connectivity index (χ2v) is 6.45. The quantitative estimate of drug-likeness (QED) is 0.808. The molecular weight excluding hydrogens is 302 g/mol. The Morgan fingerprint density at radius 3 is 2.41 bits per heavy atom. The van der Waals surface area contributed by atoms with E-state index in [4.69, 9.17) is 4.74 Å². The number of ether oxygens (including phenoxy) is 1. The minimum atomic E-state index is -3.65. The van der Waals surface area contributed by atoms with Crippen LogP contribution in [0.4, 0.5) is 17.1 Å². The zero-order valence-corrected chi connectivity index (χ0v) is 12.7. The van der Waals surface area contributed by atoms with Crippen molar-refractivity contribution >= 4 is 27.1 Å². The molecule has 0 fully saturated rings. The van der Waals surface area contributed by atoms with Gasteiger partial charge in [-0.15, -0.1) is 0 Å². The maximum Gasteiger partial charge on any atom is 0.261 e. The maximum absolute atomic E-state index is 12.4. The Hall–Kier alpha value is -2.67. The Balaban J connectivity index is 1.85. The number of fused-ring (bicyclic) bond motifs is 1. The lowest BCUT2D eigenvalue weighted by atomic mass is 10.2. The zero-order valence-electron chi connectivity index (χ0n) is 11.9.